The second-order valence-electron chi connectivity index (χ2n) is 5.08. The molecule has 0 aromatic heterocycles. The first kappa shape index (κ1) is 16.5. The number of hydrogen-bond donors (Lipinski definition) is 1. The lowest BCUT2D eigenvalue weighted by atomic mass is 9.97. The van der Waals surface area contributed by atoms with Crippen molar-refractivity contribution in [2.45, 2.75) is 26.3 Å². The first-order valence-corrected chi connectivity index (χ1v) is 8.11. The predicted molar refractivity (Wildman–Crippen MR) is 90.4 cm³/mol. The van der Waals surface area contributed by atoms with E-state index in [9.17, 15) is 4.39 Å². The first-order chi connectivity index (χ1) is 10.0. The third-order valence-corrected chi connectivity index (χ3v) is 4.27. The third-order valence-electron chi connectivity index (χ3n) is 3.42. The molecule has 2 aromatic rings. The highest BCUT2D eigenvalue weighted by atomic mass is 79.9. The maximum absolute atomic E-state index is 14.2. The molecule has 0 saturated carbocycles. The van der Waals surface area contributed by atoms with Crippen LogP contribution in [0.25, 0.3) is 0 Å². The molecule has 0 fully saturated rings. The molecule has 1 N–H and O–H groups in total. The molecular formula is C17H18BrClFN. The largest absolute Gasteiger partial charge is 0.310 e. The van der Waals surface area contributed by atoms with E-state index in [0.717, 1.165) is 22.1 Å². The number of halogens is 3. The van der Waals surface area contributed by atoms with Crippen molar-refractivity contribution in [2.24, 2.45) is 0 Å². The molecule has 4 heteroatoms. The number of benzene rings is 2. The van der Waals surface area contributed by atoms with Crippen molar-refractivity contribution in [3.8, 4) is 0 Å². The minimum Gasteiger partial charge on any atom is -0.310 e. The van der Waals surface area contributed by atoms with Crippen molar-refractivity contribution in [1.82, 2.24) is 5.32 Å². The van der Waals surface area contributed by atoms with Crippen LogP contribution in [-0.2, 0) is 6.42 Å². The first-order valence-electron chi connectivity index (χ1n) is 6.94. The fraction of sp³-hybridized carbons (Fsp3) is 0.294. The fourth-order valence-corrected chi connectivity index (χ4v) is 3.11. The average molecular weight is 371 g/mol. The van der Waals surface area contributed by atoms with Gasteiger partial charge in [0.25, 0.3) is 0 Å². The van der Waals surface area contributed by atoms with Gasteiger partial charge in [0.15, 0.2) is 0 Å². The van der Waals surface area contributed by atoms with Gasteiger partial charge in [-0.3, -0.25) is 0 Å². The normalized spacial score (nSPS) is 12.4. The number of nitrogens with one attached hydrogen (secondary N) is 1. The number of aryl methyl sites for hydroxylation is 1. The summed E-state index contributed by atoms with van der Waals surface area (Å²) in [5.41, 5.74) is 2.61. The zero-order chi connectivity index (χ0) is 15.4. The summed E-state index contributed by atoms with van der Waals surface area (Å²) in [6.45, 7) is 4.68. The quantitative estimate of drug-likeness (QED) is 0.738. The van der Waals surface area contributed by atoms with Crippen LogP contribution in [0.3, 0.4) is 0 Å². The Bertz CT molecular complexity index is 630. The minimum absolute atomic E-state index is 0.0886. The predicted octanol–water partition coefficient (Wildman–Crippen LogP) is 5.44. The number of rotatable bonds is 5. The monoisotopic (exact) mass is 369 g/mol. The molecule has 0 saturated heterocycles. The molecule has 0 spiro atoms. The van der Waals surface area contributed by atoms with Gasteiger partial charge in [0.05, 0.1) is 0 Å². The van der Waals surface area contributed by atoms with E-state index in [1.807, 2.05) is 44.2 Å². The molecule has 0 heterocycles. The molecular weight excluding hydrogens is 353 g/mol. The van der Waals surface area contributed by atoms with Crippen molar-refractivity contribution in [3.05, 3.63) is 68.4 Å². The van der Waals surface area contributed by atoms with Crippen LogP contribution < -0.4 is 5.32 Å². The molecule has 1 nitrogen and oxygen atoms in total. The summed E-state index contributed by atoms with van der Waals surface area (Å²) in [5, 5.41) is 4.03. The van der Waals surface area contributed by atoms with Gasteiger partial charge in [0, 0.05) is 21.1 Å². The molecule has 0 aliphatic rings. The summed E-state index contributed by atoms with van der Waals surface area (Å²) >= 11 is 9.67. The van der Waals surface area contributed by atoms with Crippen molar-refractivity contribution < 1.29 is 4.39 Å². The van der Waals surface area contributed by atoms with Crippen LogP contribution >= 0.6 is 27.5 Å². The van der Waals surface area contributed by atoms with Crippen LogP contribution in [-0.4, -0.2) is 6.54 Å². The van der Waals surface area contributed by atoms with E-state index in [0.29, 0.717) is 17.0 Å². The average Bonchev–Trinajstić information content (AvgIpc) is 2.41. The minimum atomic E-state index is -0.172. The lowest BCUT2D eigenvalue weighted by Gasteiger charge is -2.20. The Morgan fingerprint density at radius 2 is 2.00 bits per heavy atom. The van der Waals surface area contributed by atoms with Gasteiger partial charge in [-0.1, -0.05) is 52.7 Å². The highest BCUT2D eigenvalue weighted by Crippen LogP contribution is 2.27. The summed E-state index contributed by atoms with van der Waals surface area (Å²) in [4.78, 5) is 0. The Hall–Kier alpha value is -0.900. The van der Waals surface area contributed by atoms with Gasteiger partial charge in [-0.15, -0.1) is 0 Å². The standard InChI is InChI=1S/C17H18BrClFN/c1-3-21-17(14-7-4-11(2)8-16(14)20)9-12-5-6-13(18)10-15(12)19/h4-8,10,17,21H,3,9H2,1-2H3. The van der Waals surface area contributed by atoms with E-state index < -0.39 is 0 Å². The Morgan fingerprint density at radius 1 is 1.24 bits per heavy atom. The van der Waals surface area contributed by atoms with Gasteiger partial charge in [-0.25, -0.2) is 4.39 Å². The smallest absolute Gasteiger partial charge is 0.128 e. The number of hydrogen-bond acceptors (Lipinski definition) is 1. The molecule has 21 heavy (non-hydrogen) atoms. The summed E-state index contributed by atoms with van der Waals surface area (Å²) in [6, 6.07) is 11.1. The Balaban J connectivity index is 2.30. The SMILES string of the molecule is CCNC(Cc1ccc(Br)cc1Cl)c1ccc(C)cc1F. The van der Waals surface area contributed by atoms with Crippen molar-refractivity contribution in [1.29, 1.82) is 0 Å². The van der Waals surface area contributed by atoms with Gasteiger partial charge < -0.3 is 5.32 Å². The molecule has 2 aromatic carbocycles. The maximum Gasteiger partial charge on any atom is 0.128 e. The second-order valence-corrected chi connectivity index (χ2v) is 6.40. The summed E-state index contributed by atoms with van der Waals surface area (Å²) in [7, 11) is 0. The molecule has 1 atom stereocenters. The van der Waals surface area contributed by atoms with E-state index in [-0.39, 0.29) is 11.9 Å². The molecule has 112 valence electrons. The number of likely N-dealkylation sites (N-methyl/N-ethyl adjacent to an activating group) is 1. The van der Waals surface area contributed by atoms with E-state index in [2.05, 4.69) is 21.2 Å². The van der Waals surface area contributed by atoms with Gasteiger partial charge in [-0.2, -0.15) is 0 Å². The Morgan fingerprint density at radius 3 is 2.62 bits per heavy atom. The molecule has 0 radical (unpaired) electrons. The van der Waals surface area contributed by atoms with Crippen LogP contribution in [0, 0.1) is 12.7 Å². The van der Waals surface area contributed by atoms with Crippen molar-refractivity contribution >= 4 is 27.5 Å². The van der Waals surface area contributed by atoms with Gasteiger partial charge in [0.1, 0.15) is 5.82 Å². The van der Waals surface area contributed by atoms with Crippen LogP contribution in [0.4, 0.5) is 4.39 Å². The van der Waals surface area contributed by atoms with Crippen LogP contribution in [0.2, 0.25) is 5.02 Å². The molecule has 1 unspecified atom stereocenters. The molecule has 2 rings (SSSR count). The lowest BCUT2D eigenvalue weighted by molar-refractivity contribution is 0.509. The molecule has 0 aliphatic carbocycles. The highest BCUT2D eigenvalue weighted by Gasteiger charge is 2.17. The molecule has 0 aliphatic heterocycles. The van der Waals surface area contributed by atoms with Crippen molar-refractivity contribution in [3.63, 3.8) is 0 Å². The molecule has 0 amide bonds. The third kappa shape index (κ3) is 4.29. The van der Waals surface area contributed by atoms with Gasteiger partial charge >= 0.3 is 0 Å². The highest BCUT2D eigenvalue weighted by molar-refractivity contribution is 9.10. The Kier molecular flexibility index (Phi) is 5.80. The topological polar surface area (TPSA) is 12.0 Å². The Labute approximate surface area is 138 Å². The summed E-state index contributed by atoms with van der Waals surface area (Å²) < 4.78 is 15.2. The summed E-state index contributed by atoms with van der Waals surface area (Å²) in [6.07, 6.45) is 0.653. The van der Waals surface area contributed by atoms with E-state index in [1.54, 1.807) is 6.07 Å². The van der Waals surface area contributed by atoms with E-state index in [1.165, 1.54) is 0 Å². The lowest BCUT2D eigenvalue weighted by Crippen LogP contribution is -2.24. The van der Waals surface area contributed by atoms with Gasteiger partial charge in [-0.05, 0) is 49.2 Å². The summed E-state index contributed by atoms with van der Waals surface area (Å²) in [5.74, 6) is -0.172. The maximum atomic E-state index is 14.2. The van der Waals surface area contributed by atoms with Gasteiger partial charge in [0.2, 0.25) is 0 Å². The van der Waals surface area contributed by atoms with Crippen LogP contribution in [0.1, 0.15) is 29.7 Å². The zero-order valence-corrected chi connectivity index (χ0v) is 14.4. The zero-order valence-electron chi connectivity index (χ0n) is 12.1. The van der Waals surface area contributed by atoms with E-state index >= 15 is 0 Å². The van der Waals surface area contributed by atoms with Crippen molar-refractivity contribution in [2.75, 3.05) is 6.54 Å². The van der Waals surface area contributed by atoms with E-state index in [4.69, 9.17) is 11.6 Å². The fourth-order valence-electron chi connectivity index (χ4n) is 2.36. The van der Waals surface area contributed by atoms with Crippen LogP contribution in [0.15, 0.2) is 40.9 Å². The van der Waals surface area contributed by atoms with Crippen LogP contribution in [0.5, 0.6) is 0 Å². The molecule has 0 bridgehead atoms. The second kappa shape index (κ2) is 7.39.